The van der Waals surface area contributed by atoms with Crippen LogP contribution in [0, 0.1) is 6.92 Å². The number of nitrogen functional groups attached to an aromatic ring is 1. The number of rotatable bonds is 2. The van der Waals surface area contributed by atoms with Crippen LogP contribution in [0.1, 0.15) is 18.2 Å². The lowest BCUT2D eigenvalue weighted by molar-refractivity contribution is 0.420. The Morgan fingerprint density at radius 2 is 2.12 bits per heavy atom. The fourth-order valence-electron chi connectivity index (χ4n) is 1.99. The number of benzene rings is 1. The van der Waals surface area contributed by atoms with Gasteiger partial charge in [-0.15, -0.1) is 0 Å². The van der Waals surface area contributed by atoms with Crippen LogP contribution in [-0.2, 0) is 6.42 Å². The highest BCUT2D eigenvalue weighted by Gasteiger charge is 2.14. The van der Waals surface area contributed by atoms with Crippen LogP contribution in [0.15, 0.2) is 12.1 Å². The second-order valence-corrected chi connectivity index (χ2v) is 4.33. The first-order valence-electron chi connectivity index (χ1n) is 5.51. The zero-order valence-electron chi connectivity index (χ0n) is 10.2. The quantitative estimate of drug-likeness (QED) is 0.889. The molecule has 3 nitrogen and oxygen atoms in total. The Morgan fingerprint density at radius 1 is 1.41 bits per heavy atom. The van der Waals surface area contributed by atoms with E-state index in [0.717, 1.165) is 23.1 Å². The second kappa shape index (κ2) is 4.41. The molecule has 2 aromatic rings. The third-order valence-electron chi connectivity index (χ3n) is 3.00. The van der Waals surface area contributed by atoms with Gasteiger partial charge in [0.05, 0.1) is 23.0 Å². The lowest BCUT2D eigenvalue weighted by Crippen LogP contribution is -2.01. The number of pyridine rings is 1. The molecule has 17 heavy (non-hydrogen) atoms. The van der Waals surface area contributed by atoms with E-state index in [1.54, 1.807) is 13.2 Å². The molecule has 0 aliphatic carbocycles. The number of aryl methyl sites for hydroxylation is 1. The Balaban J connectivity index is 2.94. The number of nitrogens with two attached hydrogens (primary N) is 1. The molecule has 0 aliphatic heterocycles. The maximum atomic E-state index is 6.17. The molecule has 0 atom stereocenters. The van der Waals surface area contributed by atoms with E-state index in [1.807, 2.05) is 13.0 Å². The summed E-state index contributed by atoms with van der Waals surface area (Å²) < 4.78 is 5.31. The van der Waals surface area contributed by atoms with Crippen molar-refractivity contribution in [3.8, 4) is 5.75 Å². The zero-order valence-corrected chi connectivity index (χ0v) is 10.9. The Morgan fingerprint density at radius 3 is 2.71 bits per heavy atom. The number of halogens is 1. The highest BCUT2D eigenvalue weighted by molar-refractivity contribution is 6.35. The van der Waals surface area contributed by atoms with Crippen molar-refractivity contribution in [1.82, 2.24) is 4.98 Å². The van der Waals surface area contributed by atoms with Gasteiger partial charge < -0.3 is 10.5 Å². The first kappa shape index (κ1) is 12.0. The van der Waals surface area contributed by atoms with Crippen LogP contribution >= 0.6 is 11.6 Å². The molecule has 0 spiro atoms. The van der Waals surface area contributed by atoms with Gasteiger partial charge in [-0.1, -0.05) is 18.5 Å². The van der Waals surface area contributed by atoms with Crippen LogP contribution in [0.25, 0.3) is 10.9 Å². The lowest BCUT2D eigenvalue weighted by atomic mass is 10.1. The van der Waals surface area contributed by atoms with Crippen molar-refractivity contribution < 1.29 is 4.74 Å². The van der Waals surface area contributed by atoms with Gasteiger partial charge in [0, 0.05) is 11.4 Å². The molecule has 0 unspecified atom stereocenters. The fraction of sp³-hybridized carbons (Fsp3) is 0.308. The average Bonchev–Trinajstić information content (AvgIpc) is 2.34. The Kier molecular flexibility index (Phi) is 3.11. The summed E-state index contributed by atoms with van der Waals surface area (Å²) >= 11 is 6.17. The standard InChI is InChI=1S/C13H15ClN2O/c1-4-9-7(2)12(15)11-10(17-3)6-5-8(14)13(11)16-9/h5-6H,4H2,1-3H3,(H2,15,16). The van der Waals surface area contributed by atoms with Crippen molar-refractivity contribution in [3.05, 3.63) is 28.4 Å². The van der Waals surface area contributed by atoms with E-state index in [2.05, 4.69) is 11.9 Å². The van der Waals surface area contributed by atoms with Crippen LogP contribution < -0.4 is 10.5 Å². The minimum Gasteiger partial charge on any atom is -0.496 e. The van der Waals surface area contributed by atoms with E-state index < -0.39 is 0 Å². The molecule has 90 valence electrons. The SMILES string of the molecule is CCc1nc2c(Cl)ccc(OC)c2c(N)c1C. The summed E-state index contributed by atoms with van der Waals surface area (Å²) in [6.07, 6.45) is 0.833. The molecule has 0 radical (unpaired) electrons. The summed E-state index contributed by atoms with van der Waals surface area (Å²) in [4.78, 5) is 4.57. The molecule has 1 aromatic carbocycles. The van der Waals surface area contributed by atoms with Crippen molar-refractivity contribution in [3.63, 3.8) is 0 Å². The second-order valence-electron chi connectivity index (χ2n) is 3.92. The van der Waals surface area contributed by atoms with E-state index in [-0.39, 0.29) is 0 Å². The first-order valence-corrected chi connectivity index (χ1v) is 5.89. The van der Waals surface area contributed by atoms with Crippen LogP contribution in [0.3, 0.4) is 0 Å². The van der Waals surface area contributed by atoms with E-state index in [0.29, 0.717) is 22.0 Å². The van der Waals surface area contributed by atoms with Crippen molar-refractivity contribution in [1.29, 1.82) is 0 Å². The third-order valence-corrected chi connectivity index (χ3v) is 3.30. The largest absolute Gasteiger partial charge is 0.496 e. The smallest absolute Gasteiger partial charge is 0.130 e. The van der Waals surface area contributed by atoms with Crippen molar-refractivity contribution in [2.75, 3.05) is 12.8 Å². The van der Waals surface area contributed by atoms with E-state index in [4.69, 9.17) is 22.1 Å². The molecular weight excluding hydrogens is 236 g/mol. The van der Waals surface area contributed by atoms with Gasteiger partial charge >= 0.3 is 0 Å². The van der Waals surface area contributed by atoms with Gasteiger partial charge in [0.2, 0.25) is 0 Å². The van der Waals surface area contributed by atoms with Crippen LogP contribution in [0.5, 0.6) is 5.75 Å². The zero-order chi connectivity index (χ0) is 12.6. The van der Waals surface area contributed by atoms with Gasteiger partial charge in [0.1, 0.15) is 5.75 Å². The molecule has 1 aromatic heterocycles. The van der Waals surface area contributed by atoms with Gasteiger partial charge in [-0.25, -0.2) is 0 Å². The Bertz CT molecular complexity index is 581. The summed E-state index contributed by atoms with van der Waals surface area (Å²) in [6, 6.07) is 3.59. The highest BCUT2D eigenvalue weighted by Crippen LogP contribution is 2.36. The molecule has 2 rings (SSSR count). The van der Waals surface area contributed by atoms with Gasteiger partial charge in [-0.05, 0) is 31.0 Å². The molecule has 0 bridgehead atoms. The predicted molar refractivity (Wildman–Crippen MR) is 71.8 cm³/mol. The fourth-order valence-corrected chi connectivity index (χ4v) is 2.19. The third kappa shape index (κ3) is 1.80. The van der Waals surface area contributed by atoms with Crippen LogP contribution in [0.2, 0.25) is 5.02 Å². The molecule has 2 N–H and O–H groups in total. The number of methoxy groups -OCH3 is 1. The number of hydrogen-bond acceptors (Lipinski definition) is 3. The van der Waals surface area contributed by atoms with Gasteiger partial charge in [0.25, 0.3) is 0 Å². The van der Waals surface area contributed by atoms with E-state index in [9.17, 15) is 0 Å². The van der Waals surface area contributed by atoms with Crippen molar-refractivity contribution >= 4 is 28.2 Å². The highest BCUT2D eigenvalue weighted by atomic mass is 35.5. The van der Waals surface area contributed by atoms with Gasteiger partial charge in [0.15, 0.2) is 0 Å². The topological polar surface area (TPSA) is 48.1 Å². The Labute approximate surface area is 106 Å². The number of nitrogens with zero attached hydrogens (tertiary/aromatic N) is 1. The number of hydrogen-bond donors (Lipinski definition) is 1. The van der Waals surface area contributed by atoms with Crippen molar-refractivity contribution in [2.45, 2.75) is 20.3 Å². The molecule has 0 fully saturated rings. The van der Waals surface area contributed by atoms with Gasteiger partial charge in [-0.3, -0.25) is 4.98 Å². The molecule has 4 heteroatoms. The number of ether oxygens (including phenoxy) is 1. The summed E-state index contributed by atoms with van der Waals surface area (Å²) in [5.41, 5.74) is 9.55. The maximum Gasteiger partial charge on any atom is 0.130 e. The lowest BCUT2D eigenvalue weighted by Gasteiger charge is -2.13. The number of anilines is 1. The van der Waals surface area contributed by atoms with E-state index in [1.165, 1.54) is 0 Å². The maximum absolute atomic E-state index is 6.17. The van der Waals surface area contributed by atoms with Crippen molar-refractivity contribution in [2.24, 2.45) is 0 Å². The number of aromatic nitrogens is 1. The van der Waals surface area contributed by atoms with E-state index >= 15 is 0 Å². The molecule has 1 heterocycles. The predicted octanol–water partition coefficient (Wildman–Crippen LogP) is 3.35. The van der Waals surface area contributed by atoms with Crippen LogP contribution in [0.4, 0.5) is 5.69 Å². The first-order chi connectivity index (χ1) is 8.10. The summed E-state index contributed by atoms with van der Waals surface area (Å²) in [5, 5.41) is 1.40. The summed E-state index contributed by atoms with van der Waals surface area (Å²) in [7, 11) is 1.62. The number of fused-ring (bicyclic) bond motifs is 1. The van der Waals surface area contributed by atoms with Gasteiger partial charge in [-0.2, -0.15) is 0 Å². The molecule has 0 saturated heterocycles. The monoisotopic (exact) mass is 250 g/mol. The summed E-state index contributed by atoms with van der Waals surface area (Å²) in [5.74, 6) is 0.708. The summed E-state index contributed by atoms with van der Waals surface area (Å²) in [6.45, 7) is 4.02. The van der Waals surface area contributed by atoms with Crippen LogP contribution in [-0.4, -0.2) is 12.1 Å². The Hall–Kier alpha value is -1.48. The average molecular weight is 251 g/mol. The molecule has 0 aliphatic rings. The molecule has 0 amide bonds. The molecule has 0 saturated carbocycles. The minimum atomic E-state index is 0.599. The normalized spacial score (nSPS) is 10.8. The molecular formula is C13H15ClN2O. The minimum absolute atomic E-state index is 0.599.